The fourth-order valence-electron chi connectivity index (χ4n) is 2.19. The molecule has 0 radical (unpaired) electrons. The van der Waals surface area contributed by atoms with Crippen molar-refractivity contribution in [2.24, 2.45) is 0 Å². The fraction of sp³-hybridized carbons (Fsp3) is 0.316. The van der Waals surface area contributed by atoms with Gasteiger partial charge in [-0.05, 0) is 42.8 Å². The van der Waals surface area contributed by atoms with Crippen molar-refractivity contribution in [1.29, 1.82) is 0 Å². The van der Waals surface area contributed by atoms with E-state index in [-0.39, 0.29) is 11.7 Å². The van der Waals surface area contributed by atoms with Crippen LogP contribution >= 0.6 is 0 Å². The maximum absolute atomic E-state index is 12.9. The molecule has 2 rings (SSSR count). The number of halogens is 1. The second-order valence-electron chi connectivity index (χ2n) is 5.26. The highest BCUT2D eigenvalue weighted by atomic mass is 19.1. The zero-order valence-corrected chi connectivity index (χ0v) is 14.3. The fourth-order valence-corrected chi connectivity index (χ4v) is 2.19. The number of carbonyl (C=O) groups is 1. The molecule has 2 aromatic carbocycles. The van der Waals surface area contributed by atoms with Crippen molar-refractivity contribution in [1.82, 2.24) is 5.32 Å². The number of para-hydroxylation sites is 2. The molecule has 0 aliphatic carbocycles. The molecule has 0 spiro atoms. The third kappa shape index (κ3) is 5.67. The van der Waals surface area contributed by atoms with E-state index in [4.69, 9.17) is 14.2 Å². The maximum atomic E-state index is 12.9. The normalized spacial score (nSPS) is 11.5. The minimum Gasteiger partial charge on any atom is -0.493 e. The molecule has 0 aliphatic rings. The second-order valence-corrected chi connectivity index (χ2v) is 5.26. The third-order valence-electron chi connectivity index (χ3n) is 3.48. The first-order valence-corrected chi connectivity index (χ1v) is 8.09. The van der Waals surface area contributed by atoms with Gasteiger partial charge in [0.05, 0.1) is 13.7 Å². The standard InChI is InChI=1S/C19H22FNO4/c1-3-16(25-15-10-8-14(20)9-11-15)19(22)21-12-13-24-18-7-5-4-6-17(18)23-2/h4-11,16H,3,12-13H2,1-2H3,(H,21,22)/t16-/m1/s1. The van der Waals surface area contributed by atoms with Gasteiger partial charge < -0.3 is 19.5 Å². The molecular formula is C19H22FNO4. The highest BCUT2D eigenvalue weighted by molar-refractivity contribution is 5.81. The lowest BCUT2D eigenvalue weighted by molar-refractivity contribution is -0.128. The number of amides is 1. The smallest absolute Gasteiger partial charge is 0.261 e. The summed E-state index contributed by atoms with van der Waals surface area (Å²) in [5.41, 5.74) is 0. The van der Waals surface area contributed by atoms with Crippen LogP contribution in [-0.4, -0.2) is 32.3 Å². The molecule has 0 fully saturated rings. The lowest BCUT2D eigenvalue weighted by atomic mass is 10.2. The van der Waals surface area contributed by atoms with Gasteiger partial charge in [-0.15, -0.1) is 0 Å². The molecule has 0 aromatic heterocycles. The van der Waals surface area contributed by atoms with Gasteiger partial charge in [0, 0.05) is 0 Å². The number of carbonyl (C=O) groups excluding carboxylic acids is 1. The van der Waals surface area contributed by atoms with Gasteiger partial charge in [-0.3, -0.25) is 4.79 Å². The predicted octanol–water partition coefficient (Wildman–Crippen LogP) is 3.19. The quantitative estimate of drug-likeness (QED) is 0.708. The Kier molecular flexibility index (Phi) is 7.07. The number of benzene rings is 2. The van der Waals surface area contributed by atoms with E-state index in [9.17, 15) is 9.18 Å². The zero-order chi connectivity index (χ0) is 18.1. The SMILES string of the molecule is CC[C@@H](Oc1ccc(F)cc1)C(=O)NCCOc1ccccc1OC. The summed E-state index contributed by atoms with van der Waals surface area (Å²) in [6.45, 7) is 2.48. The molecule has 1 N–H and O–H groups in total. The summed E-state index contributed by atoms with van der Waals surface area (Å²) in [7, 11) is 1.57. The first-order chi connectivity index (χ1) is 12.1. The largest absolute Gasteiger partial charge is 0.493 e. The Hall–Kier alpha value is -2.76. The van der Waals surface area contributed by atoms with Crippen molar-refractivity contribution in [3.8, 4) is 17.2 Å². The Bertz CT molecular complexity index is 675. The van der Waals surface area contributed by atoms with Crippen LogP contribution in [0.25, 0.3) is 0 Å². The van der Waals surface area contributed by atoms with Gasteiger partial charge in [-0.2, -0.15) is 0 Å². The molecule has 0 heterocycles. The van der Waals surface area contributed by atoms with Crippen LogP contribution in [0.1, 0.15) is 13.3 Å². The Morgan fingerprint density at radius 2 is 1.80 bits per heavy atom. The van der Waals surface area contributed by atoms with Gasteiger partial charge in [-0.25, -0.2) is 4.39 Å². The van der Waals surface area contributed by atoms with Crippen molar-refractivity contribution in [2.75, 3.05) is 20.3 Å². The van der Waals surface area contributed by atoms with E-state index in [1.807, 2.05) is 19.1 Å². The molecule has 5 nitrogen and oxygen atoms in total. The van der Waals surface area contributed by atoms with E-state index in [0.717, 1.165) is 0 Å². The Labute approximate surface area is 146 Å². The monoisotopic (exact) mass is 347 g/mol. The second kappa shape index (κ2) is 9.52. The molecule has 0 aliphatic heterocycles. The Morgan fingerprint density at radius 3 is 2.44 bits per heavy atom. The highest BCUT2D eigenvalue weighted by Gasteiger charge is 2.18. The van der Waals surface area contributed by atoms with Crippen LogP contribution < -0.4 is 19.5 Å². The van der Waals surface area contributed by atoms with Gasteiger partial charge >= 0.3 is 0 Å². The van der Waals surface area contributed by atoms with E-state index in [0.29, 0.717) is 36.8 Å². The molecule has 0 unspecified atom stereocenters. The minimum atomic E-state index is -0.642. The first kappa shape index (κ1) is 18.6. The van der Waals surface area contributed by atoms with Gasteiger partial charge in [-0.1, -0.05) is 19.1 Å². The summed E-state index contributed by atoms with van der Waals surface area (Å²) in [5.74, 6) is 1.12. The van der Waals surface area contributed by atoms with Crippen LogP contribution in [0.4, 0.5) is 4.39 Å². The van der Waals surface area contributed by atoms with Gasteiger partial charge in [0.2, 0.25) is 0 Å². The molecule has 0 saturated carbocycles. The molecule has 0 saturated heterocycles. The van der Waals surface area contributed by atoms with Crippen LogP contribution in [0.2, 0.25) is 0 Å². The number of ether oxygens (including phenoxy) is 3. The zero-order valence-electron chi connectivity index (χ0n) is 14.3. The summed E-state index contributed by atoms with van der Waals surface area (Å²) in [5, 5.41) is 2.77. The minimum absolute atomic E-state index is 0.240. The molecule has 1 atom stereocenters. The molecule has 25 heavy (non-hydrogen) atoms. The molecule has 6 heteroatoms. The molecule has 0 bridgehead atoms. The Balaban J connectivity index is 1.78. The van der Waals surface area contributed by atoms with E-state index < -0.39 is 6.10 Å². The van der Waals surface area contributed by atoms with E-state index in [1.165, 1.54) is 24.3 Å². The van der Waals surface area contributed by atoms with Crippen molar-refractivity contribution in [3.05, 3.63) is 54.3 Å². The highest BCUT2D eigenvalue weighted by Crippen LogP contribution is 2.25. The van der Waals surface area contributed by atoms with E-state index in [2.05, 4.69) is 5.32 Å². The predicted molar refractivity (Wildman–Crippen MR) is 92.6 cm³/mol. The van der Waals surface area contributed by atoms with E-state index >= 15 is 0 Å². The van der Waals surface area contributed by atoms with Crippen LogP contribution in [0.15, 0.2) is 48.5 Å². The lowest BCUT2D eigenvalue weighted by Gasteiger charge is -2.17. The number of rotatable bonds is 9. The maximum Gasteiger partial charge on any atom is 0.261 e. The van der Waals surface area contributed by atoms with Gasteiger partial charge in [0.25, 0.3) is 5.91 Å². The lowest BCUT2D eigenvalue weighted by Crippen LogP contribution is -2.39. The molecule has 1 amide bonds. The van der Waals surface area contributed by atoms with Crippen molar-refractivity contribution in [2.45, 2.75) is 19.4 Å². The first-order valence-electron chi connectivity index (χ1n) is 8.09. The summed E-state index contributed by atoms with van der Waals surface area (Å²) in [6, 6.07) is 12.9. The average molecular weight is 347 g/mol. The topological polar surface area (TPSA) is 56.8 Å². The number of nitrogens with one attached hydrogen (secondary N) is 1. The average Bonchev–Trinajstić information content (AvgIpc) is 2.64. The van der Waals surface area contributed by atoms with Crippen molar-refractivity contribution < 1.29 is 23.4 Å². The van der Waals surface area contributed by atoms with Gasteiger partial charge in [0.15, 0.2) is 17.6 Å². The number of hydrogen-bond donors (Lipinski definition) is 1. The molecular weight excluding hydrogens is 325 g/mol. The van der Waals surface area contributed by atoms with Crippen molar-refractivity contribution in [3.63, 3.8) is 0 Å². The molecule has 2 aromatic rings. The van der Waals surface area contributed by atoms with Crippen LogP contribution in [-0.2, 0) is 4.79 Å². The van der Waals surface area contributed by atoms with Crippen molar-refractivity contribution >= 4 is 5.91 Å². The van der Waals surface area contributed by atoms with Crippen LogP contribution in [0, 0.1) is 5.82 Å². The van der Waals surface area contributed by atoms with Crippen LogP contribution in [0.5, 0.6) is 17.2 Å². The summed E-state index contributed by atoms with van der Waals surface area (Å²) in [4.78, 5) is 12.2. The third-order valence-corrected chi connectivity index (χ3v) is 3.48. The summed E-state index contributed by atoms with van der Waals surface area (Å²) in [6.07, 6.45) is -0.145. The Morgan fingerprint density at radius 1 is 1.12 bits per heavy atom. The van der Waals surface area contributed by atoms with Crippen LogP contribution in [0.3, 0.4) is 0 Å². The van der Waals surface area contributed by atoms with E-state index in [1.54, 1.807) is 19.2 Å². The number of methoxy groups -OCH3 is 1. The summed E-state index contributed by atoms with van der Waals surface area (Å²) >= 11 is 0. The summed E-state index contributed by atoms with van der Waals surface area (Å²) < 4.78 is 29.3. The van der Waals surface area contributed by atoms with Gasteiger partial charge in [0.1, 0.15) is 18.2 Å². The molecule has 134 valence electrons. The number of hydrogen-bond acceptors (Lipinski definition) is 4.